The van der Waals surface area contributed by atoms with Gasteiger partial charge in [-0.1, -0.05) is 0 Å². The van der Waals surface area contributed by atoms with Crippen LogP contribution in [0.25, 0.3) is 0 Å². The summed E-state index contributed by atoms with van der Waals surface area (Å²) in [6.07, 6.45) is 0.869. The van der Waals surface area contributed by atoms with Gasteiger partial charge in [0.05, 0.1) is 18.4 Å². The zero-order valence-corrected chi connectivity index (χ0v) is 11.7. The maximum Gasteiger partial charge on any atom is 0.307 e. The zero-order valence-electron chi connectivity index (χ0n) is 11.7. The maximum atomic E-state index is 12.8. The second-order valence-corrected chi connectivity index (χ2v) is 5.26. The number of carbonyl (C=O) groups excluding carboxylic acids is 1. The number of benzene rings is 1. The number of ether oxygens (including phenoxy) is 1. The van der Waals surface area contributed by atoms with E-state index in [0.717, 1.165) is 0 Å². The molecule has 21 heavy (non-hydrogen) atoms. The van der Waals surface area contributed by atoms with E-state index in [1.807, 2.05) is 0 Å². The lowest BCUT2D eigenvalue weighted by molar-refractivity contribution is -0.152. The van der Waals surface area contributed by atoms with Crippen LogP contribution in [0.5, 0.6) is 5.75 Å². The van der Waals surface area contributed by atoms with Crippen LogP contribution in [0.1, 0.15) is 19.8 Å². The molecule has 1 fully saturated rings. The van der Waals surface area contributed by atoms with E-state index in [1.54, 1.807) is 6.92 Å². The molecule has 2 rings (SSSR count). The van der Waals surface area contributed by atoms with Crippen LogP contribution < -0.4 is 10.1 Å². The van der Waals surface area contributed by atoms with Crippen molar-refractivity contribution in [1.82, 2.24) is 5.32 Å². The van der Waals surface area contributed by atoms with E-state index in [0.29, 0.717) is 18.6 Å². The quantitative estimate of drug-likeness (QED) is 0.839. The topological polar surface area (TPSA) is 75.6 Å². The predicted molar refractivity (Wildman–Crippen MR) is 73.3 cm³/mol. The van der Waals surface area contributed by atoms with Gasteiger partial charge in [0, 0.05) is 0 Å². The molecule has 1 aromatic carbocycles. The van der Waals surface area contributed by atoms with Crippen LogP contribution in [0.4, 0.5) is 4.39 Å². The van der Waals surface area contributed by atoms with Gasteiger partial charge in [0.1, 0.15) is 17.7 Å². The lowest BCUT2D eigenvalue weighted by atomic mass is 9.73. The van der Waals surface area contributed by atoms with Gasteiger partial charge in [0.2, 0.25) is 5.91 Å². The molecule has 0 saturated heterocycles. The molecule has 5 nitrogen and oxygen atoms in total. The van der Waals surface area contributed by atoms with Crippen molar-refractivity contribution in [3.05, 3.63) is 30.1 Å². The Kier molecular flexibility index (Phi) is 4.77. The molecule has 0 aliphatic heterocycles. The number of amides is 1. The summed E-state index contributed by atoms with van der Waals surface area (Å²) in [7, 11) is 0. The number of carboxylic acids is 1. The molecular weight excluding hydrogens is 277 g/mol. The number of hydrogen-bond acceptors (Lipinski definition) is 3. The summed E-state index contributed by atoms with van der Waals surface area (Å²) in [5.41, 5.74) is 0. The lowest BCUT2D eigenvalue weighted by Gasteiger charge is -2.32. The molecule has 0 radical (unpaired) electrons. The van der Waals surface area contributed by atoms with E-state index >= 15 is 0 Å². The normalized spacial score (nSPS) is 22.0. The Balaban J connectivity index is 1.76. The predicted octanol–water partition coefficient (Wildman–Crippen LogP) is 1.82. The molecule has 1 saturated carbocycles. The molecule has 3 atom stereocenters. The fourth-order valence-corrected chi connectivity index (χ4v) is 2.27. The number of aliphatic carboxylic acids is 1. The monoisotopic (exact) mass is 295 g/mol. The average Bonchev–Trinajstić information content (AvgIpc) is 2.37. The molecule has 1 aromatic rings. The highest BCUT2D eigenvalue weighted by Crippen LogP contribution is 2.34. The Morgan fingerprint density at radius 1 is 1.33 bits per heavy atom. The molecule has 2 N–H and O–H groups in total. The highest BCUT2D eigenvalue weighted by Gasteiger charge is 2.41. The fraction of sp³-hybridized carbons (Fsp3) is 0.467. The first-order valence-corrected chi connectivity index (χ1v) is 6.90. The number of carboxylic acid groups (broad SMARTS) is 1. The molecule has 0 spiro atoms. The van der Waals surface area contributed by atoms with Crippen molar-refractivity contribution in [3.63, 3.8) is 0 Å². The van der Waals surface area contributed by atoms with Gasteiger partial charge in [-0.2, -0.15) is 0 Å². The largest absolute Gasteiger partial charge is 0.489 e. The van der Waals surface area contributed by atoms with Crippen LogP contribution in [-0.4, -0.2) is 29.6 Å². The van der Waals surface area contributed by atoms with Gasteiger partial charge in [-0.3, -0.25) is 9.59 Å². The van der Waals surface area contributed by atoms with Gasteiger partial charge in [-0.15, -0.1) is 0 Å². The van der Waals surface area contributed by atoms with Gasteiger partial charge in [0.15, 0.2) is 0 Å². The first kappa shape index (κ1) is 15.3. The van der Waals surface area contributed by atoms with Crippen molar-refractivity contribution >= 4 is 11.9 Å². The minimum Gasteiger partial charge on any atom is -0.489 e. The van der Waals surface area contributed by atoms with E-state index in [4.69, 9.17) is 9.84 Å². The highest BCUT2D eigenvalue weighted by atomic mass is 19.1. The van der Waals surface area contributed by atoms with Crippen LogP contribution >= 0.6 is 0 Å². The minimum atomic E-state index is -0.919. The third-order valence-electron chi connectivity index (χ3n) is 3.64. The Bertz CT molecular complexity index is 517. The smallest absolute Gasteiger partial charge is 0.307 e. The molecule has 1 aliphatic carbocycles. The molecule has 1 amide bonds. The molecule has 0 aromatic heterocycles. The molecular formula is C15H18FNO4. The molecule has 0 bridgehead atoms. The van der Waals surface area contributed by atoms with Crippen molar-refractivity contribution in [1.29, 1.82) is 0 Å². The Labute approximate surface area is 122 Å². The minimum absolute atomic E-state index is 0.247. The molecule has 1 aliphatic rings. The average molecular weight is 295 g/mol. The van der Waals surface area contributed by atoms with Crippen molar-refractivity contribution in [2.24, 2.45) is 11.8 Å². The van der Waals surface area contributed by atoms with Crippen LogP contribution in [-0.2, 0) is 9.59 Å². The van der Waals surface area contributed by atoms with E-state index in [1.165, 1.54) is 24.3 Å². The fourth-order valence-electron chi connectivity index (χ4n) is 2.27. The van der Waals surface area contributed by atoms with Gasteiger partial charge in [-0.05, 0) is 44.0 Å². The standard InChI is InChI=1S/C15H18FNO4/c1-9(21-11-4-2-10(16)3-5-11)8-17-14(18)12-6-7-13(12)15(19)20/h2-5,9,12-13H,6-8H2,1H3,(H,17,18)(H,19,20). The Morgan fingerprint density at radius 3 is 2.48 bits per heavy atom. The summed E-state index contributed by atoms with van der Waals surface area (Å²) in [5, 5.41) is 11.6. The van der Waals surface area contributed by atoms with E-state index in [-0.39, 0.29) is 24.4 Å². The van der Waals surface area contributed by atoms with Crippen molar-refractivity contribution < 1.29 is 23.8 Å². The first-order valence-electron chi connectivity index (χ1n) is 6.90. The molecule has 0 heterocycles. The van der Waals surface area contributed by atoms with Crippen LogP contribution in [0.3, 0.4) is 0 Å². The molecule has 6 heteroatoms. The molecule has 3 unspecified atom stereocenters. The van der Waals surface area contributed by atoms with Crippen LogP contribution in [0, 0.1) is 17.7 Å². The van der Waals surface area contributed by atoms with Gasteiger partial charge < -0.3 is 15.2 Å². The third-order valence-corrected chi connectivity index (χ3v) is 3.64. The number of rotatable bonds is 6. The van der Waals surface area contributed by atoms with E-state index < -0.39 is 17.8 Å². The third kappa shape index (κ3) is 3.93. The number of halogens is 1. The Hall–Kier alpha value is -2.11. The van der Waals surface area contributed by atoms with Gasteiger partial charge in [0.25, 0.3) is 0 Å². The summed E-state index contributed by atoms with van der Waals surface area (Å²) < 4.78 is 18.3. The maximum absolute atomic E-state index is 12.8. The van der Waals surface area contributed by atoms with E-state index in [9.17, 15) is 14.0 Å². The first-order chi connectivity index (χ1) is 9.97. The second kappa shape index (κ2) is 6.56. The second-order valence-electron chi connectivity index (χ2n) is 5.26. The van der Waals surface area contributed by atoms with Crippen LogP contribution in [0.15, 0.2) is 24.3 Å². The lowest BCUT2D eigenvalue weighted by Crippen LogP contribution is -2.46. The van der Waals surface area contributed by atoms with Crippen molar-refractivity contribution in [2.75, 3.05) is 6.54 Å². The van der Waals surface area contributed by atoms with Crippen molar-refractivity contribution in [3.8, 4) is 5.75 Å². The summed E-state index contributed by atoms with van der Waals surface area (Å²) in [4.78, 5) is 22.7. The van der Waals surface area contributed by atoms with Crippen LogP contribution in [0.2, 0.25) is 0 Å². The number of hydrogen-bond donors (Lipinski definition) is 2. The summed E-state index contributed by atoms with van der Waals surface area (Å²) in [6.45, 7) is 2.05. The summed E-state index contributed by atoms with van der Waals surface area (Å²) in [5.74, 6) is -2.00. The highest BCUT2D eigenvalue weighted by molar-refractivity contribution is 5.86. The zero-order chi connectivity index (χ0) is 15.4. The van der Waals surface area contributed by atoms with Gasteiger partial charge >= 0.3 is 5.97 Å². The van der Waals surface area contributed by atoms with Gasteiger partial charge in [-0.25, -0.2) is 4.39 Å². The van der Waals surface area contributed by atoms with E-state index in [2.05, 4.69) is 5.32 Å². The summed E-state index contributed by atoms with van der Waals surface area (Å²) >= 11 is 0. The SMILES string of the molecule is CC(CNC(=O)C1CCC1C(=O)O)Oc1ccc(F)cc1. The summed E-state index contributed by atoms with van der Waals surface area (Å²) in [6, 6.07) is 5.62. The Morgan fingerprint density at radius 2 is 1.95 bits per heavy atom. The molecule has 114 valence electrons. The number of carbonyl (C=O) groups is 2. The number of nitrogens with one attached hydrogen (secondary N) is 1. The van der Waals surface area contributed by atoms with Crippen molar-refractivity contribution in [2.45, 2.75) is 25.9 Å².